The Kier molecular flexibility index (Phi) is 8.07. The van der Waals surface area contributed by atoms with E-state index in [4.69, 9.17) is 16.3 Å². The summed E-state index contributed by atoms with van der Waals surface area (Å²) in [4.78, 5) is 2.44. The van der Waals surface area contributed by atoms with Crippen LogP contribution >= 0.6 is 36.4 Å². The fourth-order valence-corrected chi connectivity index (χ4v) is 3.97. The SMILES string of the molecule is Cl.Cl.Oc1cc(-c2cccc(Cl)c2)cc2c1OCCN(CC1CCNC1)C2. The third-order valence-corrected chi connectivity index (χ3v) is 5.27. The van der Waals surface area contributed by atoms with Gasteiger partial charge >= 0.3 is 0 Å². The Hall–Kier alpha value is -1.17. The number of rotatable bonds is 3. The Balaban J connectivity index is 0.00000131. The van der Waals surface area contributed by atoms with Gasteiger partial charge in [-0.05, 0) is 60.8 Å². The van der Waals surface area contributed by atoms with Crippen molar-refractivity contribution in [3.05, 3.63) is 47.0 Å². The zero-order valence-electron chi connectivity index (χ0n) is 15.0. The molecule has 1 atom stereocenters. The van der Waals surface area contributed by atoms with Crippen LogP contribution in [-0.4, -0.2) is 42.8 Å². The second-order valence-electron chi connectivity index (χ2n) is 6.94. The predicted octanol–water partition coefficient (Wildman–Crippen LogP) is 4.36. The first-order valence-electron chi connectivity index (χ1n) is 8.87. The average Bonchev–Trinajstić information content (AvgIpc) is 3.01. The molecule has 0 radical (unpaired) electrons. The smallest absolute Gasteiger partial charge is 0.165 e. The highest BCUT2D eigenvalue weighted by molar-refractivity contribution is 6.30. The van der Waals surface area contributed by atoms with Gasteiger partial charge in [-0.25, -0.2) is 0 Å². The summed E-state index contributed by atoms with van der Waals surface area (Å²) in [6, 6.07) is 11.6. The van der Waals surface area contributed by atoms with Crippen molar-refractivity contribution < 1.29 is 9.84 Å². The van der Waals surface area contributed by atoms with E-state index >= 15 is 0 Å². The van der Waals surface area contributed by atoms with E-state index in [0.717, 1.165) is 49.4 Å². The van der Waals surface area contributed by atoms with Gasteiger partial charge < -0.3 is 15.2 Å². The minimum atomic E-state index is 0. The van der Waals surface area contributed by atoms with Gasteiger partial charge in [0.2, 0.25) is 0 Å². The van der Waals surface area contributed by atoms with E-state index in [-0.39, 0.29) is 30.6 Å². The van der Waals surface area contributed by atoms with Crippen molar-refractivity contribution in [1.82, 2.24) is 10.2 Å². The fraction of sp³-hybridized carbons (Fsp3) is 0.400. The number of nitrogens with zero attached hydrogens (tertiary/aromatic N) is 1. The van der Waals surface area contributed by atoms with Gasteiger partial charge in [-0.3, -0.25) is 4.90 Å². The molecule has 2 aliphatic rings. The lowest BCUT2D eigenvalue weighted by molar-refractivity contribution is 0.201. The van der Waals surface area contributed by atoms with E-state index in [1.165, 1.54) is 6.42 Å². The van der Waals surface area contributed by atoms with E-state index in [1.54, 1.807) is 6.07 Å². The minimum Gasteiger partial charge on any atom is -0.504 e. The summed E-state index contributed by atoms with van der Waals surface area (Å²) in [7, 11) is 0. The van der Waals surface area contributed by atoms with Gasteiger partial charge in [0.15, 0.2) is 11.5 Å². The van der Waals surface area contributed by atoms with E-state index in [2.05, 4.69) is 16.3 Å². The molecule has 1 fully saturated rings. The first-order valence-corrected chi connectivity index (χ1v) is 9.24. The normalized spacial score (nSPS) is 19.2. The van der Waals surface area contributed by atoms with E-state index < -0.39 is 0 Å². The lowest BCUT2D eigenvalue weighted by Gasteiger charge is -2.22. The topological polar surface area (TPSA) is 44.7 Å². The molecule has 0 spiro atoms. The van der Waals surface area contributed by atoms with Crippen LogP contribution in [-0.2, 0) is 6.54 Å². The molecular formula is C20H25Cl3N2O2. The maximum atomic E-state index is 10.5. The van der Waals surface area contributed by atoms with Gasteiger partial charge in [0, 0.05) is 30.2 Å². The molecule has 2 aliphatic heterocycles. The molecule has 1 unspecified atom stereocenters. The number of benzene rings is 2. The van der Waals surface area contributed by atoms with Crippen molar-refractivity contribution >= 4 is 36.4 Å². The standard InChI is InChI=1S/C20H23ClN2O2.2ClH/c21-18-3-1-2-15(9-18)16-8-17-13-23(12-14-4-5-22-11-14)6-7-25-20(17)19(24)10-16;;/h1-3,8-10,14,22,24H,4-7,11-13H2;2*1H. The van der Waals surface area contributed by atoms with Gasteiger partial charge in [-0.1, -0.05) is 23.7 Å². The van der Waals surface area contributed by atoms with Crippen molar-refractivity contribution in [2.45, 2.75) is 13.0 Å². The number of ether oxygens (including phenoxy) is 1. The Morgan fingerprint density at radius 1 is 1.19 bits per heavy atom. The summed E-state index contributed by atoms with van der Waals surface area (Å²) in [5.74, 6) is 1.53. The Bertz CT molecular complexity index is 767. The highest BCUT2D eigenvalue weighted by Gasteiger charge is 2.23. The zero-order chi connectivity index (χ0) is 17.2. The summed E-state index contributed by atoms with van der Waals surface area (Å²) in [6.45, 7) is 5.57. The third-order valence-electron chi connectivity index (χ3n) is 5.03. The Morgan fingerprint density at radius 3 is 2.78 bits per heavy atom. The molecule has 2 aromatic carbocycles. The van der Waals surface area contributed by atoms with Crippen LogP contribution in [0.25, 0.3) is 11.1 Å². The molecule has 2 N–H and O–H groups in total. The number of nitrogens with one attached hydrogen (secondary N) is 1. The summed E-state index contributed by atoms with van der Waals surface area (Å²) in [5.41, 5.74) is 3.01. The predicted molar refractivity (Wildman–Crippen MR) is 115 cm³/mol. The summed E-state index contributed by atoms with van der Waals surface area (Å²) in [6.07, 6.45) is 1.23. The highest BCUT2D eigenvalue weighted by atomic mass is 35.5. The maximum Gasteiger partial charge on any atom is 0.165 e. The molecule has 7 heteroatoms. The van der Waals surface area contributed by atoms with Crippen LogP contribution in [0.5, 0.6) is 11.5 Å². The number of hydrogen-bond acceptors (Lipinski definition) is 4. The fourth-order valence-electron chi connectivity index (χ4n) is 3.78. The number of fused-ring (bicyclic) bond motifs is 1. The molecule has 0 aromatic heterocycles. The molecule has 0 amide bonds. The van der Waals surface area contributed by atoms with Gasteiger partial charge in [0.1, 0.15) is 6.61 Å². The molecule has 0 saturated carbocycles. The molecule has 4 nitrogen and oxygen atoms in total. The van der Waals surface area contributed by atoms with Crippen molar-refractivity contribution in [2.24, 2.45) is 5.92 Å². The van der Waals surface area contributed by atoms with Gasteiger partial charge in [0.25, 0.3) is 0 Å². The second kappa shape index (κ2) is 9.85. The Labute approximate surface area is 177 Å². The van der Waals surface area contributed by atoms with Gasteiger partial charge in [0.05, 0.1) is 0 Å². The number of aromatic hydroxyl groups is 1. The first-order chi connectivity index (χ1) is 12.2. The maximum absolute atomic E-state index is 10.5. The van der Waals surface area contributed by atoms with Crippen molar-refractivity contribution in [3.63, 3.8) is 0 Å². The van der Waals surface area contributed by atoms with Crippen LogP contribution in [0.2, 0.25) is 5.02 Å². The number of hydrogen-bond donors (Lipinski definition) is 2. The quantitative estimate of drug-likeness (QED) is 0.758. The van der Waals surface area contributed by atoms with Crippen LogP contribution in [0.15, 0.2) is 36.4 Å². The Morgan fingerprint density at radius 2 is 2.04 bits per heavy atom. The molecule has 27 heavy (non-hydrogen) atoms. The largest absolute Gasteiger partial charge is 0.504 e. The molecular weight excluding hydrogens is 407 g/mol. The van der Waals surface area contributed by atoms with Crippen molar-refractivity contribution in [3.8, 4) is 22.6 Å². The lowest BCUT2D eigenvalue weighted by Crippen LogP contribution is -2.32. The monoisotopic (exact) mass is 430 g/mol. The number of phenols is 1. The van der Waals surface area contributed by atoms with Crippen LogP contribution in [0.3, 0.4) is 0 Å². The molecule has 4 rings (SSSR count). The number of halogens is 3. The molecule has 0 aliphatic carbocycles. The molecule has 0 bridgehead atoms. The van der Waals surface area contributed by atoms with Crippen molar-refractivity contribution in [2.75, 3.05) is 32.8 Å². The lowest BCUT2D eigenvalue weighted by atomic mass is 10.0. The van der Waals surface area contributed by atoms with Crippen LogP contribution in [0.1, 0.15) is 12.0 Å². The number of phenolic OH excluding ortho intramolecular Hbond substituents is 1. The first kappa shape index (κ1) is 22.1. The van der Waals surface area contributed by atoms with Gasteiger partial charge in [-0.15, -0.1) is 24.8 Å². The second-order valence-corrected chi connectivity index (χ2v) is 7.37. The summed E-state index contributed by atoms with van der Waals surface area (Å²) >= 11 is 6.12. The van der Waals surface area contributed by atoms with Gasteiger partial charge in [-0.2, -0.15) is 0 Å². The zero-order valence-corrected chi connectivity index (χ0v) is 17.4. The summed E-state index contributed by atoms with van der Waals surface area (Å²) < 4.78 is 5.86. The van der Waals surface area contributed by atoms with E-state index in [1.807, 2.05) is 24.3 Å². The molecule has 148 valence electrons. The van der Waals surface area contributed by atoms with E-state index in [9.17, 15) is 5.11 Å². The molecule has 1 saturated heterocycles. The molecule has 2 aromatic rings. The van der Waals surface area contributed by atoms with Crippen LogP contribution < -0.4 is 10.1 Å². The summed E-state index contributed by atoms with van der Waals surface area (Å²) in [5, 5.41) is 14.6. The van der Waals surface area contributed by atoms with E-state index in [0.29, 0.717) is 23.3 Å². The highest BCUT2D eigenvalue weighted by Crippen LogP contribution is 2.38. The minimum absolute atomic E-state index is 0. The van der Waals surface area contributed by atoms with Crippen molar-refractivity contribution in [1.29, 1.82) is 0 Å². The van der Waals surface area contributed by atoms with Crippen LogP contribution in [0.4, 0.5) is 0 Å². The third kappa shape index (κ3) is 5.21. The molecule has 2 heterocycles. The van der Waals surface area contributed by atoms with Crippen LogP contribution in [0, 0.1) is 5.92 Å². The average molecular weight is 432 g/mol.